The smallest absolute Gasteiger partial charge is 0.307 e. The van der Waals surface area contributed by atoms with Crippen molar-refractivity contribution >= 4 is 35.1 Å². The number of carbonyl (C=O) groups excluding carboxylic acids is 1. The van der Waals surface area contributed by atoms with Gasteiger partial charge >= 0.3 is 5.97 Å². The minimum absolute atomic E-state index is 0.151. The summed E-state index contributed by atoms with van der Waals surface area (Å²) in [5.41, 5.74) is 1.52. The number of amides is 1. The molecule has 0 unspecified atom stereocenters. The monoisotopic (exact) mass is 500 g/mol. The average Bonchev–Trinajstić information content (AvgIpc) is 3.47. The molecule has 0 fully saturated rings. The zero-order valence-electron chi connectivity index (χ0n) is 17.6. The number of aromatic nitrogens is 1. The van der Waals surface area contributed by atoms with E-state index in [1.807, 2.05) is 0 Å². The first kappa shape index (κ1) is 23.4. The molecular weight excluding hydrogens is 483 g/mol. The maximum Gasteiger partial charge on any atom is 0.307 e. The molecule has 34 heavy (non-hydrogen) atoms. The summed E-state index contributed by atoms with van der Waals surface area (Å²) in [6, 6.07) is 14.9. The highest BCUT2D eigenvalue weighted by molar-refractivity contribution is 6.35. The van der Waals surface area contributed by atoms with Crippen molar-refractivity contribution in [1.29, 1.82) is 0 Å². The summed E-state index contributed by atoms with van der Waals surface area (Å²) in [5.74, 6) is -0.500. The molecule has 0 radical (unpaired) electrons. The van der Waals surface area contributed by atoms with E-state index < -0.39 is 11.9 Å². The van der Waals surface area contributed by atoms with Crippen molar-refractivity contribution < 1.29 is 28.4 Å². The third-order valence-corrected chi connectivity index (χ3v) is 5.29. The SMILES string of the molecule is O=C(O)Cc1cccc(-c2noc(-c3ccco3)c2C(=O)NCCOc2ccc(Cl)cc2Cl)c1. The molecule has 10 heteroatoms. The predicted octanol–water partition coefficient (Wildman–Crippen LogP) is 5.34. The molecule has 2 aromatic heterocycles. The molecule has 0 aliphatic heterocycles. The zero-order chi connectivity index (χ0) is 24.1. The maximum atomic E-state index is 13.2. The van der Waals surface area contributed by atoms with Crippen molar-refractivity contribution in [3.63, 3.8) is 0 Å². The fourth-order valence-corrected chi connectivity index (χ4v) is 3.75. The summed E-state index contributed by atoms with van der Waals surface area (Å²) in [6.07, 6.45) is 1.29. The highest BCUT2D eigenvalue weighted by Gasteiger charge is 2.26. The van der Waals surface area contributed by atoms with Crippen LogP contribution < -0.4 is 10.1 Å². The Kier molecular flexibility index (Phi) is 7.20. The summed E-state index contributed by atoms with van der Waals surface area (Å²) in [7, 11) is 0. The van der Waals surface area contributed by atoms with Crippen LogP contribution in [0.1, 0.15) is 15.9 Å². The molecule has 0 spiro atoms. The number of ether oxygens (including phenoxy) is 1. The molecule has 0 aliphatic rings. The molecule has 2 heterocycles. The van der Waals surface area contributed by atoms with E-state index in [4.69, 9.17) is 42.0 Å². The van der Waals surface area contributed by atoms with Gasteiger partial charge in [-0.2, -0.15) is 0 Å². The number of carbonyl (C=O) groups is 2. The first-order chi connectivity index (χ1) is 16.4. The van der Waals surface area contributed by atoms with E-state index in [9.17, 15) is 9.59 Å². The number of carboxylic acids is 1. The number of rotatable bonds is 9. The Morgan fingerprint density at radius 3 is 2.68 bits per heavy atom. The van der Waals surface area contributed by atoms with Crippen LogP contribution >= 0.6 is 23.2 Å². The number of carboxylic acid groups (broad SMARTS) is 1. The molecule has 0 saturated carbocycles. The van der Waals surface area contributed by atoms with Gasteiger partial charge in [-0.15, -0.1) is 0 Å². The van der Waals surface area contributed by atoms with Crippen LogP contribution in [0.4, 0.5) is 0 Å². The number of benzene rings is 2. The van der Waals surface area contributed by atoms with Crippen LogP contribution in [0.3, 0.4) is 0 Å². The lowest BCUT2D eigenvalue weighted by Gasteiger charge is -2.10. The normalized spacial score (nSPS) is 10.8. The lowest BCUT2D eigenvalue weighted by Crippen LogP contribution is -2.28. The lowest BCUT2D eigenvalue weighted by molar-refractivity contribution is -0.136. The van der Waals surface area contributed by atoms with Crippen LogP contribution in [0.15, 0.2) is 69.8 Å². The fourth-order valence-electron chi connectivity index (χ4n) is 3.28. The molecule has 2 aromatic carbocycles. The van der Waals surface area contributed by atoms with E-state index in [2.05, 4.69) is 10.5 Å². The largest absolute Gasteiger partial charge is 0.490 e. The number of nitrogens with zero attached hydrogens (tertiary/aromatic N) is 1. The molecule has 1 amide bonds. The molecule has 8 nitrogen and oxygen atoms in total. The Morgan fingerprint density at radius 2 is 1.94 bits per heavy atom. The topological polar surface area (TPSA) is 115 Å². The van der Waals surface area contributed by atoms with Gasteiger partial charge in [0.2, 0.25) is 5.76 Å². The Balaban J connectivity index is 1.55. The Bertz CT molecular complexity index is 1320. The summed E-state index contributed by atoms with van der Waals surface area (Å²) in [5, 5.41) is 16.8. The van der Waals surface area contributed by atoms with Crippen molar-refractivity contribution in [2.45, 2.75) is 6.42 Å². The third-order valence-electron chi connectivity index (χ3n) is 4.76. The molecule has 4 rings (SSSR count). The van der Waals surface area contributed by atoms with Gasteiger partial charge in [0.1, 0.15) is 23.6 Å². The van der Waals surface area contributed by atoms with E-state index in [0.29, 0.717) is 32.7 Å². The maximum absolute atomic E-state index is 13.2. The van der Waals surface area contributed by atoms with Gasteiger partial charge in [0, 0.05) is 10.6 Å². The standard InChI is InChI=1S/C24H18Cl2N2O6/c25-16-6-7-18(17(26)13-16)33-10-8-27-24(31)21-22(28-34-23(21)19-5-2-9-32-19)15-4-1-3-14(11-15)12-20(29)30/h1-7,9,11,13H,8,10,12H2,(H,27,31)(H,29,30). The van der Waals surface area contributed by atoms with Crippen molar-refractivity contribution in [3.8, 4) is 28.5 Å². The van der Waals surface area contributed by atoms with Crippen molar-refractivity contribution in [2.75, 3.05) is 13.2 Å². The summed E-state index contributed by atoms with van der Waals surface area (Å²) >= 11 is 12.0. The van der Waals surface area contributed by atoms with E-state index in [1.54, 1.807) is 54.6 Å². The second-order valence-corrected chi connectivity index (χ2v) is 8.01. The molecule has 0 atom stereocenters. The fraction of sp³-hybridized carbons (Fsp3) is 0.125. The average molecular weight is 501 g/mol. The number of hydrogen-bond acceptors (Lipinski definition) is 6. The number of hydrogen-bond donors (Lipinski definition) is 2. The zero-order valence-corrected chi connectivity index (χ0v) is 19.1. The Labute approximate surface area is 204 Å². The highest BCUT2D eigenvalue weighted by atomic mass is 35.5. The van der Waals surface area contributed by atoms with Gasteiger partial charge in [-0.1, -0.05) is 46.6 Å². The van der Waals surface area contributed by atoms with Crippen LogP contribution in [0.2, 0.25) is 10.0 Å². The summed E-state index contributed by atoms with van der Waals surface area (Å²) in [4.78, 5) is 24.3. The van der Waals surface area contributed by atoms with Crippen molar-refractivity contribution in [3.05, 3.63) is 82.0 Å². The van der Waals surface area contributed by atoms with Crippen molar-refractivity contribution in [1.82, 2.24) is 10.5 Å². The van der Waals surface area contributed by atoms with Gasteiger partial charge < -0.3 is 24.1 Å². The van der Waals surface area contributed by atoms with Crippen molar-refractivity contribution in [2.24, 2.45) is 0 Å². The third kappa shape index (κ3) is 5.41. The summed E-state index contributed by atoms with van der Waals surface area (Å²) in [6.45, 7) is 0.316. The molecule has 0 saturated heterocycles. The Morgan fingerprint density at radius 1 is 1.09 bits per heavy atom. The van der Waals surface area contributed by atoms with E-state index >= 15 is 0 Å². The first-order valence-electron chi connectivity index (χ1n) is 10.1. The molecule has 0 bridgehead atoms. The van der Waals surface area contributed by atoms with Gasteiger partial charge in [-0.05, 0) is 42.0 Å². The van der Waals surface area contributed by atoms with E-state index in [-0.39, 0.29) is 36.6 Å². The van der Waals surface area contributed by atoms with Crippen LogP contribution in [-0.4, -0.2) is 35.3 Å². The van der Waals surface area contributed by atoms with E-state index in [0.717, 1.165) is 0 Å². The minimum Gasteiger partial charge on any atom is -0.490 e. The number of nitrogens with one attached hydrogen (secondary N) is 1. The first-order valence-corrected chi connectivity index (χ1v) is 10.9. The van der Waals surface area contributed by atoms with Gasteiger partial charge in [0.25, 0.3) is 5.91 Å². The highest BCUT2D eigenvalue weighted by Crippen LogP contribution is 2.33. The predicted molar refractivity (Wildman–Crippen MR) is 125 cm³/mol. The lowest BCUT2D eigenvalue weighted by atomic mass is 10.0. The van der Waals surface area contributed by atoms with Crippen LogP contribution in [0.5, 0.6) is 5.75 Å². The van der Waals surface area contributed by atoms with Gasteiger partial charge in [0.15, 0.2) is 5.76 Å². The number of aliphatic carboxylic acids is 1. The second-order valence-electron chi connectivity index (χ2n) is 7.16. The Hall–Kier alpha value is -3.75. The second kappa shape index (κ2) is 10.5. The van der Waals surface area contributed by atoms with Crippen LogP contribution in [0, 0.1) is 0 Å². The molecule has 174 valence electrons. The molecule has 2 N–H and O–H groups in total. The number of furan rings is 1. The van der Waals surface area contributed by atoms with E-state index in [1.165, 1.54) is 6.26 Å². The molecule has 0 aliphatic carbocycles. The summed E-state index contributed by atoms with van der Waals surface area (Å²) < 4.78 is 16.5. The van der Waals surface area contributed by atoms with Crippen LogP contribution in [-0.2, 0) is 11.2 Å². The molecule has 4 aromatic rings. The minimum atomic E-state index is -0.965. The quantitative estimate of drug-likeness (QED) is 0.298. The van der Waals surface area contributed by atoms with Gasteiger partial charge in [-0.3, -0.25) is 9.59 Å². The molecular formula is C24H18Cl2N2O6. The van der Waals surface area contributed by atoms with Gasteiger partial charge in [-0.25, -0.2) is 0 Å². The van der Waals surface area contributed by atoms with Gasteiger partial charge in [0.05, 0.1) is 24.3 Å². The van der Waals surface area contributed by atoms with Crippen LogP contribution in [0.25, 0.3) is 22.8 Å². The number of halogens is 2.